The number of para-hydroxylation sites is 1. The van der Waals surface area contributed by atoms with Crippen molar-refractivity contribution < 1.29 is 14.3 Å². The molecule has 4 rings (SSSR count). The highest BCUT2D eigenvalue weighted by molar-refractivity contribution is 6.00. The van der Waals surface area contributed by atoms with Crippen LogP contribution < -0.4 is 10.7 Å². The number of nitrogens with zero attached hydrogens (tertiary/aromatic N) is 1. The Morgan fingerprint density at radius 1 is 1.17 bits per heavy atom. The molecule has 1 amide bonds. The van der Waals surface area contributed by atoms with Crippen molar-refractivity contribution in [1.82, 2.24) is 10.4 Å². The van der Waals surface area contributed by atoms with E-state index in [2.05, 4.69) is 24.6 Å². The molecule has 0 radical (unpaired) electrons. The van der Waals surface area contributed by atoms with E-state index in [4.69, 9.17) is 4.74 Å². The Labute approximate surface area is 172 Å². The number of nitrogens with one attached hydrogen (secondary N) is 2. The van der Waals surface area contributed by atoms with E-state index >= 15 is 0 Å². The highest BCUT2D eigenvalue weighted by atomic mass is 16.5. The normalized spacial score (nSPS) is 22.3. The lowest BCUT2D eigenvalue weighted by atomic mass is 9.74. The molecular formula is C23H31N3O3. The maximum Gasteiger partial charge on any atom is 0.271 e. The van der Waals surface area contributed by atoms with Gasteiger partial charge in [0.25, 0.3) is 5.91 Å². The third-order valence-corrected chi connectivity index (χ3v) is 6.09. The van der Waals surface area contributed by atoms with Gasteiger partial charge >= 0.3 is 0 Å². The van der Waals surface area contributed by atoms with E-state index in [1.807, 2.05) is 29.3 Å². The summed E-state index contributed by atoms with van der Waals surface area (Å²) < 4.78 is 5.43. The minimum Gasteiger partial charge on any atom is -0.381 e. The van der Waals surface area contributed by atoms with Crippen molar-refractivity contribution in [3.05, 3.63) is 41.1 Å². The van der Waals surface area contributed by atoms with Crippen LogP contribution in [0.3, 0.4) is 0 Å². The van der Waals surface area contributed by atoms with Crippen LogP contribution in [0.15, 0.2) is 35.5 Å². The number of ketones is 1. The smallest absolute Gasteiger partial charge is 0.271 e. The second-order valence-electron chi connectivity index (χ2n) is 9.14. The number of rotatable bonds is 4. The van der Waals surface area contributed by atoms with Crippen LogP contribution in [0.1, 0.15) is 62.7 Å². The molecule has 1 aromatic carbocycles. The van der Waals surface area contributed by atoms with Gasteiger partial charge in [-0.2, -0.15) is 0 Å². The molecule has 1 aliphatic carbocycles. The minimum atomic E-state index is -0.135. The van der Waals surface area contributed by atoms with E-state index in [1.165, 1.54) is 0 Å². The van der Waals surface area contributed by atoms with Crippen LogP contribution in [-0.4, -0.2) is 42.5 Å². The van der Waals surface area contributed by atoms with Crippen molar-refractivity contribution in [2.24, 2.45) is 5.41 Å². The Morgan fingerprint density at radius 3 is 2.72 bits per heavy atom. The number of amides is 1. The van der Waals surface area contributed by atoms with E-state index in [-0.39, 0.29) is 17.1 Å². The number of ether oxygens (including phenoxy) is 1. The van der Waals surface area contributed by atoms with E-state index in [9.17, 15) is 9.59 Å². The van der Waals surface area contributed by atoms with Crippen LogP contribution in [0.4, 0.5) is 5.69 Å². The maximum absolute atomic E-state index is 13.2. The van der Waals surface area contributed by atoms with Crippen molar-refractivity contribution >= 4 is 17.4 Å². The summed E-state index contributed by atoms with van der Waals surface area (Å²) in [7, 11) is 0. The summed E-state index contributed by atoms with van der Waals surface area (Å²) in [5, 5.41) is 5.44. The van der Waals surface area contributed by atoms with Gasteiger partial charge in [-0.25, -0.2) is 0 Å². The lowest BCUT2D eigenvalue weighted by molar-refractivity contribution is -0.118. The molecule has 6 heteroatoms. The first-order valence-corrected chi connectivity index (χ1v) is 10.7. The number of Topliss-reactive ketones (excluding diaryl/α,β-unsaturated/α-hetero) is 1. The molecule has 156 valence electrons. The molecule has 6 nitrogen and oxygen atoms in total. The fourth-order valence-electron chi connectivity index (χ4n) is 4.59. The number of hydrogen-bond donors (Lipinski definition) is 2. The highest BCUT2D eigenvalue weighted by Gasteiger charge is 2.37. The Bertz CT molecular complexity index is 824. The van der Waals surface area contributed by atoms with Crippen LogP contribution >= 0.6 is 0 Å². The van der Waals surface area contributed by atoms with Crippen molar-refractivity contribution in [3.8, 4) is 0 Å². The van der Waals surface area contributed by atoms with E-state index in [0.29, 0.717) is 18.0 Å². The highest BCUT2D eigenvalue weighted by Crippen LogP contribution is 2.41. The number of anilines is 1. The number of benzene rings is 1. The summed E-state index contributed by atoms with van der Waals surface area (Å²) in [5.74, 6) is 0.0986. The zero-order valence-electron chi connectivity index (χ0n) is 17.4. The predicted molar refractivity (Wildman–Crippen MR) is 112 cm³/mol. The summed E-state index contributed by atoms with van der Waals surface area (Å²) in [6, 6.07) is 7.96. The SMILES string of the molecule is CC1(C)CC(=O)C2=C(C1)N(NC(=O)c1ccccc1NC1CCOCC1)CCC2. The Balaban J connectivity index is 1.52. The van der Waals surface area contributed by atoms with Gasteiger partial charge in [-0.05, 0) is 49.7 Å². The molecule has 1 saturated heterocycles. The quantitative estimate of drug-likeness (QED) is 0.811. The summed E-state index contributed by atoms with van der Waals surface area (Å²) in [5.41, 5.74) is 6.41. The standard InChI is InChI=1S/C23H31N3O3/c1-23(2)14-20-18(21(27)15-23)7-5-11-26(20)25-22(28)17-6-3-4-8-19(17)24-16-9-12-29-13-10-16/h3-4,6,8,16,24H,5,7,9-15H2,1-2H3,(H,25,28). The van der Waals surface area contributed by atoms with Crippen LogP contribution in [0, 0.1) is 5.41 Å². The molecular weight excluding hydrogens is 366 g/mol. The van der Waals surface area contributed by atoms with Crippen LogP contribution in [0.5, 0.6) is 0 Å². The number of allylic oxidation sites excluding steroid dienone is 2. The fourth-order valence-corrected chi connectivity index (χ4v) is 4.59. The zero-order chi connectivity index (χ0) is 20.4. The average molecular weight is 398 g/mol. The predicted octanol–water partition coefficient (Wildman–Crippen LogP) is 3.66. The van der Waals surface area contributed by atoms with Crippen molar-refractivity contribution in [2.75, 3.05) is 25.1 Å². The number of hydrogen-bond acceptors (Lipinski definition) is 5. The van der Waals surface area contributed by atoms with Crippen LogP contribution in [0.2, 0.25) is 0 Å². The molecule has 0 bridgehead atoms. The van der Waals surface area contributed by atoms with E-state index in [0.717, 1.165) is 68.8 Å². The molecule has 29 heavy (non-hydrogen) atoms. The number of carbonyl (C=O) groups is 2. The van der Waals surface area contributed by atoms with Gasteiger partial charge in [-0.15, -0.1) is 0 Å². The average Bonchev–Trinajstić information content (AvgIpc) is 2.69. The molecule has 0 saturated carbocycles. The van der Waals surface area contributed by atoms with Gasteiger partial charge < -0.3 is 10.1 Å². The minimum absolute atomic E-state index is 0.0707. The Hall–Kier alpha value is -2.34. The van der Waals surface area contributed by atoms with E-state index in [1.54, 1.807) is 0 Å². The fraction of sp³-hybridized carbons (Fsp3) is 0.565. The van der Waals surface area contributed by atoms with E-state index < -0.39 is 0 Å². The zero-order valence-corrected chi connectivity index (χ0v) is 17.4. The third-order valence-electron chi connectivity index (χ3n) is 6.09. The van der Waals surface area contributed by atoms with Gasteiger partial charge in [0.2, 0.25) is 0 Å². The van der Waals surface area contributed by atoms with Gasteiger partial charge in [-0.3, -0.25) is 20.0 Å². The van der Waals surface area contributed by atoms with Crippen LogP contribution in [-0.2, 0) is 9.53 Å². The molecule has 1 fully saturated rings. The van der Waals surface area contributed by atoms with Gasteiger partial charge in [0.05, 0.1) is 5.56 Å². The van der Waals surface area contributed by atoms with Gasteiger partial charge in [0.1, 0.15) is 0 Å². The third kappa shape index (κ3) is 4.47. The molecule has 0 spiro atoms. The first kappa shape index (κ1) is 20.0. The molecule has 0 aromatic heterocycles. The topological polar surface area (TPSA) is 70.7 Å². The Kier molecular flexibility index (Phi) is 5.63. The summed E-state index contributed by atoms with van der Waals surface area (Å²) in [6.45, 7) is 6.48. The summed E-state index contributed by atoms with van der Waals surface area (Å²) in [4.78, 5) is 25.8. The van der Waals surface area contributed by atoms with Gasteiger partial charge in [-0.1, -0.05) is 26.0 Å². The van der Waals surface area contributed by atoms with Crippen molar-refractivity contribution in [1.29, 1.82) is 0 Å². The molecule has 0 unspecified atom stereocenters. The second-order valence-corrected chi connectivity index (χ2v) is 9.14. The lowest BCUT2D eigenvalue weighted by Gasteiger charge is -2.41. The maximum atomic E-state index is 13.2. The molecule has 3 aliphatic rings. The monoisotopic (exact) mass is 397 g/mol. The van der Waals surface area contributed by atoms with Crippen molar-refractivity contribution in [3.63, 3.8) is 0 Å². The largest absolute Gasteiger partial charge is 0.381 e. The first-order chi connectivity index (χ1) is 13.9. The number of carbonyl (C=O) groups excluding carboxylic acids is 2. The Morgan fingerprint density at radius 2 is 1.93 bits per heavy atom. The van der Waals surface area contributed by atoms with Gasteiger partial charge in [0, 0.05) is 49.2 Å². The van der Waals surface area contributed by atoms with Crippen LogP contribution in [0.25, 0.3) is 0 Å². The summed E-state index contributed by atoms with van der Waals surface area (Å²) >= 11 is 0. The molecule has 1 aromatic rings. The first-order valence-electron chi connectivity index (χ1n) is 10.7. The molecule has 2 N–H and O–H groups in total. The molecule has 2 heterocycles. The lowest BCUT2D eigenvalue weighted by Crippen LogP contribution is -2.47. The second kappa shape index (κ2) is 8.19. The van der Waals surface area contributed by atoms with Gasteiger partial charge in [0.15, 0.2) is 5.78 Å². The van der Waals surface area contributed by atoms with Crippen molar-refractivity contribution in [2.45, 2.75) is 58.4 Å². The molecule has 0 atom stereocenters. The summed E-state index contributed by atoms with van der Waals surface area (Å²) in [6.07, 6.45) is 4.98. The molecule has 2 aliphatic heterocycles. The number of hydrazine groups is 1.